The van der Waals surface area contributed by atoms with Gasteiger partial charge in [0.15, 0.2) is 0 Å². The molecular weight excluding hydrogens is 382 g/mol. The van der Waals surface area contributed by atoms with Gasteiger partial charge >= 0.3 is 0 Å². The van der Waals surface area contributed by atoms with Crippen molar-refractivity contribution < 1.29 is 14.6 Å². The van der Waals surface area contributed by atoms with E-state index in [1.807, 2.05) is 30.3 Å². The van der Waals surface area contributed by atoms with Crippen molar-refractivity contribution in [2.45, 2.75) is 18.4 Å². The van der Waals surface area contributed by atoms with Gasteiger partial charge in [-0.1, -0.05) is 18.2 Å². The number of para-hydroxylation sites is 1. The maximum absolute atomic E-state index is 13.4. The number of aliphatic hydroxyl groups excluding tert-OH is 1. The largest absolute Gasteiger partial charge is 0.496 e. The molecule has 1 aromatic carbocycles. The second-order valence-corrected chi connectivity index (χ2v) is 8.04. The fourth-order valence-corrected chi connectivity index (χ4v) is 5.03. The lowest BCUT2D eigenvalue weighted by Crippen LogP contribution is -2.52. The van der Waals surface area contributed by atoms with Crippen LogP contribution in [0.5, 0.6) is 5.75 Å². The number of amides is 1. The Kier molecular flexibility index (Phi) is 4.55. The van der Waals surface area contributed by atoms with Crippen molar-refractivity contribution in [3.05, 3.63) is 70.3 Å². The van der Waals surface area contributed by atoms with Gasteiger partial charge in [-0.15, -0.1) is 0 Å². The number of ether oxygens (including phenoxy) is 1. The van der Waals surface area contributed by atoms with Crippen molar-refractivity contribution in [2.75, 3.05) is 26.8 Å². The minimum atomic E-state index is -0.320. The lowest BCUT2D eigenvalue weighted by Gasteiger charge is -2.46. The number of hydrogen-bond donors (Lipinski definition) is 1. The summed E-state index contributed by atoms with van der Waals surface area (Å²) < 4.78 is 7.21. The van der Waals surface area contributed by atoms with Crippen LogP contribution in [-0.2, 0) is 0 Å². The van der Waals surface area contributed by atoms with Gasteiger partial charge in [0.1, 0.15) is 11.4 Å². The van der Waals surface area contributed by atoms with Gasteiger partial charge < -0.3 is 19.3 Å². The molecule has 2 aromatic heterocycles. The minimum absolute atomic E-state index is 0.0210. The number of hydrogen-bond acceptors (Lipinski definition) is 5. The highest BCUT2D eigenvalue weighted by atomic mass is 16.5. The van der Waals surface area contributed by atoms with Crippen LogP contribution in [0.1, 0.15) is 34.6 Å². The summed E-state index contributed by atoms with van der Waals surface area (Å²) in [6.07, 6.45) is 0.854. The summed E-state index contributed by atoms with van der Waals surface area (Å²) in [7, 11) is 1.59. The number of benzene rings is 1. The molecule has 7 nitrogen and oxygen atoms in total. The summed E-state index contributed by atoms with van der Waals surface area (Å²) in [5.74, 6) is 0.544. The van der Waals surface area contributed by atoms with Gasteiger partial charge in [0, 0.05) is 48.1 Å². The summed E-state index contributed by atoms with van der Waals surface area (Å²) in [5.41, 5.74) is 1.85. The molecule has 7 heteroatoms. The molecule has 154 valence electrons. The van der Waals surface area contributed by atoms with Crippen LogP contribution in [0.25, 0.3) is 10.9 Å². The highest BCUT2D eigenvalue weighted by Gasteiger charge is 2.41. The van der Waals surface area contributed by atoms with E-state index in [1.54, 1.807) is 28.7 Å². The normalized spacial score (nSPS) is 22.6. The van der Waals surface area contributed by atoms with Crippen LogP contribution in [0, 0.1) is 5.92 Å². The summed E-state index contributed by atoms with van der Waals surface area (Å²) in [6.45, 7) is 0.879. The summed E-state index contributed by atoms with van der Waals surface area (Å²) in [4.78, 5) is 32.2. The molecule has 2 aliphatic heterocycles. The van der Waals surface area contributed by atoms with E-state index in [1.165, 1.54) is 6.07 Å². The minimum Gasteiger partial charge on any atom is -0.496 e. The van der Waals surface area contributed by atoms with Crippen LogP contribution in [0.2, 0.25) is 0 Å². The second kappa shape index (κ2) is 7.25. The fraction of sp³-hybridized carbons (Fsp3) is 0.348. The zero-order valence-corrected chi connectivity index (χ0v) is 16.7. The SMILES string of the molecule is COc1cc(C(=O)N2C[C@H]3C[C@@H](C2)[C@H](CO)n2c3cccc2=O)nc2ccccc12. The van der Waals surface area contributed by atoms with E-state index in [-0.39, 0.29) is 36.0 Å². The highest BCUT2D eigenvalue weighted by Crippen LogP contribution is 2.41. The van der Waals surface area contributed by atoms with Gasteiger partial charge in [-0.3, -0.25) is 9.59 Å². The summed E-state index contributed by atoms with van der Waals surface area (Å²) in [5, 5.41) is 10.9. The summed E-state index contributed by atoms with van der Waals surface area (Å²) in [6, 6.07) is 14.2. The van der Waals surface area contributed by atoms with E-state index >= 15 is 0 Å². The number of carbonyl (C=O) groups is 1. The molecule has 1 amide bonds. The van der Waals surface area contributed by atoms with Crippen LogP contribution >= 0.6 is 0 Å². The molecule has 2 aliphatic rings. The molecule has 3 aromatic rings. The first-order chi connectivity index (χ1) is 14.6. The Morgan fingerprint density at radius 2 is 2.03 bits per heavy atom. The average molecular weight is 405 g/mol. The number of aromatic nitrogens is 2. The first-order valence-corrected chi connectivity index (χ1v) is 10.2. The lowest BCUT2D eigenvalue weighted by atomic mass is 9.78. The Hall–Kier alpha value is -3.19. The van der Waals surface area contributed by atoms with E-state index in [2.05, 4.69) is 4.98 Å². The third kappa shape index (κ3) is 2.89. The van der Waals surface area contributed by atoms with Crippen LogP contribution in [0.3, 0.4) is 0 Å². The van der Waals surface area contributed by atoms with E-state index in [4.69, 9.17) is 4.74 Å². The lowest BCUT2D eigenvalue weighted by molar-refractivity contribution is 0.0433. The van der Waals surface area contributed by atoms with Crippen LogP contribution < -0.4 is 10.3 Å². The van der Waals surface area contributed by atoms with Crippen LogP contribution in [0.15, 0.2) is 53.3 Å². The molecule has 0 spiro atoms. The molecular formula is C23H23N3O4. The standard InChI is InChI=1S/C23H23N3O4/c1-30-21-10-18(24-17-6-3-2-5-16(17)21)23(29)25-11-14-9-15(12-25)20(13-27)26-19(14)7-4-8-22(26)28/h2-8,10,14-15,20,27H,9,11-13H2,1H3/t14-,15+,20+/m1/s1. The van der Waals surface area contributed by atoms with E-state index in [9.17, 15) is 14.7 Å². The van der Waals surface area contributed by atoms with Gasteiger partial charge in [-0.25, -0.2) is 4.98 Å². The van der Waals surface area contributed by atoms with Crippen molar-refractivity contribution >= 4 is 16.8 Å². The Morgan fingerprint density at radius 1 is 1.20 bits per heavy atom. The average Bonchev–Trinajstić information content (AvgIpc) is 2.78. The van der Waals surface area contributed by atoms with E-state index in [0.717, 1.165) is 17.5 Å². The van der Waals surface area contributed by atoms with Crippen molar-refractivity contribution in [2.24, 2.45) is 5.92 Å². The zero-order chi connectivity index (χ0) is 20.8. The Bertz CT molecular complexity index is 1190. The number of pyridine rings is 2. The number of fused-ring (bicyclic) bond motifs is 5. The first-order valence-electron chi connectivity index (χ1n) is 10.2. The predicted octanol–water partition coefficient (Wildman–Crippen LogP) is 2.20. The van der Waals surface area contributed by atoms with Crippen LogP contribution in [0.4, 0.5) is 0 Å². The smallest absolute Gasteiger partial charge is 0.272 e. The number of methoxy groups -OCH3 is 1. The van der Waals surface area contributed by atoms with Gasteiger partial charge in [0.2, 0.25) is 0 Å². The van der Waals surface area contributed by atoms with Crippen molar-refractivity contribution in [1.29, 1.82) is 0 Å². The quantitative estimate of drug-likeness (QED) is 0.722. The Balaban J connectivity index is 1.52. The van der Waals surface area contributed by atoms with Crippen molar-refractivity contribution in [1.82, 2.24) is 14.5 Å². The predicted molar refractivity (Wildman–Crippen MR) is 112 cm³/mol. The Morgan fingerprint density at radius 3 is 2.83 bits per heavy atom. The van der Waals surface area contributed by atoms with E-state index < -0.39 is 0 Å². The topological polar surface area (TPSA) is 84.7 Å². The molecule has 1 saturated heterocycles. The number of piperidine rings is 1. The first kappa shape index (κ1) is 18.8. The maximum Gasteiger partial charge on any atom is 0.272 e. The van der Waals surface area contributed by atoms with Gasteiger partial charge in [0.05, 0.1) is 25.3 Å². The number of aliphatic hydroxyl groups is 1. The molecule has 3 atom stereocenters. The number of carbonyl (C=O) groups excluding carboxylic acids is 1. The van der Waals surface area contributed by atoms with Gasteiger partial charge in [-0.2, -0.15) is 0 Å². The zero-order valence-electron chi connectivity index (χ0n) is 16.7. The van der Waals surface area contributed by atoms with E-state index in [0.29, 0.717) is 30.0 Å². The molecule has 0 aliphatic carbocycles. The molecule has 0 saturated carbocycles. The molecule has 0 radical (unpaired) electrons. The molecule has 5 rings (SSSR count). The maximum atomic E-state index is 13.4. The van der Waals surface area contributed by atoms with Crippen molar-refractivity contribution in [3.63, 3.8) is 0 Å². The highest BCUT2D eigenvalue weighted by molar-refractivity contribution is 5.97. The van der Waals surface area contributed by atoms with Crippen LogP contribution in [-0.4, -0.2) is 52.3 Å². The van der Waals surface area contributed by atoms with Gasteiger partial charge in [-0.05, 0) is 24.6 Å². The third-order valence-corrected chi connectivity index (χ3v) is 6.39. The van der Waals surface area contributed by atoms with Crippen molar-refractivity contribution in [3.8, 4) is 5.75 Å². The number of likely N-dealkylation sites (tertiary alicyclic amines) is 1. The molecule has 30 heavy (non-hydrogen) atoms. The molecule has 4 heterocycles. The molecule has 1 fully saturated rings. The van der Waals surface area contributed by atoms with Gasteiger partial charge in [0.25, 0.3) is 11.5 Å². The third-order valence-electron chi connectivity index (χ3n) is 6.39. The molecule has 0 unspecified atom stereocenters. The fourth-order valence-electron chi connectivity index (χ4n) is 5.03. The summed E-state index contributed by atoms with van der Waals surface area (Å²) >= 11 is 0. The Labute approximate surface area is 173 Å². The second-order valence-electron chi connectivity index (χ2n) is 8.04. The monoisotopic (exact) mass is 405 g/mol. The molecule has 1 N–H and O–H groups in total. The number of nitrogens with zero attached hydrogens (tertiary/aromatic N) is 3. The molecule has 2 bridgehead atoms. The number of rotatable bonds is 3.